The van der Waals surface area contributed by atoms with Gasteiger partial charge in [0.05, 0.1) is 6.10 Å². The summed E-state index contributed by atoms with van der Waals surface area (Å²) >= 11 is 0. The lowest BCUT2D eigenvalue weighted by molar-refractivity contribution is 0.131. The van der Waals surface area contributed by atoms with Gasteiger partial charge in [0.15, 0.2) is 0 Å². The highest BCUT2D eigenvalue weighted by atomic mass is 16.3. The van der Waals surface area contributed by atoms with E-state index in [0.29, 0.717) is 5.92 Å². The maximum absolute atomic E-state index is 9.96. The molecule has 1 heterocycles. The first kappa shape index (κ1) is 17.7. The van der Waals surface area contributed by atoms with E-state index >= 15 is 0 Å². The zero-order chi connectivity index (χ0) is 16.8. The molecule has 2 aliphatic rings. The Balaban J connectivity index is 1.53. The Kier molecular flexibility index (Phi) is 6.52. The summed E-state index contributed by atoms with van der Waals surface area (Å²) in [7, 11) is 0. The lowest BCUT2D eigenvalue weighted by Crippen LogP contribution is -2.46. The van der Waals surface area contributed by atoms with Crippen LogP contribution in [-0.4, -0.2) is 55.4 Å². The van der Waals surface area contributed by atoms with E-state index in [9.17, 15) is 5.11 Å². The standard InChI is InChI=1S/C20H33N3O/c1-2-10-22-11-13-23(14-12-22)19-8-4-3-6-17(19)15-21-16-18-7-5-9-20(18)24/h3-4,6,8,18,20-21,24H,2,5,7,9-16H2,1H3. The molecular formula is C20H33N3O. The van der Waals surface area contributed by atoms with Crippen LogP contribution in [0.2, 0.25) is 0 Å². The Morgan fingerprint density at radius 3 is 2.62 bits per heavy atom. The highest BCUT2D eigenvalue weighted by Crippen LogP contribution is 2.25. The van der Waals surface area contributed by atoms with Crippen LogP contribution in [0.25, 0.3) is 0 Å². The first-order chi connectivity index (χ1) is 11.8. The fraction of sp³-hybridized carbons (Fsp3) is 0.700. The number of benzene rings is 1. The summed E-state index contributed by atoms with van der Waals surface area (Å²) < 4.78 is 0. The molecule has 134 valence electrons. The van der Waals surface area contributed by atoms with Gasteiger partial charge in [0.2, 0.25) is 0 Å². The third-order valence-corrected chi connectivity index (χ3v) is 5.59. The highest BCUT2D eigenvalue weighted by Gasteiger charge is 2.24. The van der Waals surface area contributed by atoms with Crippen LogP contribution in [0, 0.1) is 5.92 Å². The van der Waals surface area contributed by atoms with Crippen LogP contribution in [0.15, 0.2) is 24.3 Å². The van der Waals surface area contributed by atoms with Gasteiger partial charge in [-0.1, -0.05) is 31.5 Å². The highest BCUT2D eigenvalue weighted by molar-refractivity contribution is 5.54. The number of aliphatic hydroxyl groups is 1. The van der Waals surface area contributed by atoms with Gasteiger partial charge in [-0.25, -0.2) is 0 Å². The molecule has 0 spiro atoms. The third kappa shape index (κ3) is 4.50. The minimum absolute atomic E-state index is 0.0978. The normalized spacial score (nSPS) is 25.3. The van der Waals surface area contributed by atoms with Crippen LogP contribution in [-0.2, 0) is 6.54 Å². The van der Waals surface area contributed by atoms with Gasteiger partial charge in [0.25, 0.3) is 0 Å². The van der Waals surface area contributed by atoms with Crippen LogP contribution in [0.5, 0.6) is 0 Å². The van der Waals surface area contributed by atoms with Crippen molar-refractivity contribution in [1.82, 2.24) is 10.2 Å². The molecule has 1 aliphatic carbocycles. The molecule has 2 atom stereocenters. The van der Waals surface area contributed by atoms with Gasteiger partial charge >= 0.3 is 0 Å². The predicted octanol–water partition coefficient (Wildman–Crippen LogP) is 2.47. The number of hydrogen-bond acceptors (Lipinski definition) is 4. The molecule has 0 radical (unpaired) electrons. The van der Waals surface area contributed by atoms with E-state index in [4.69, 9.17) is 0 Å². The third-order valence-electron chi connectivity index (χ3n) is 5.59. The largest absolute Gasteiger partial charge is 0.393 e. The minimum atomic E-state index is -0.0978. The molecule has 0 bridgehead atoms. The monoisotopic (exact) mass is 331 g/mol. The molecule has 1 aliphatic heterocycles. The van der Waals surface area contributed by atoms with E-state index < -0.39 is 0 Å². The Hall–Kier alpha value is -1.10. The molecule has 0 aromatic heterocycles. The Bertz CT molecular complexity index is 499. The number of anilines is 1. The molecule has 2 N–H and O–H groups in total. The molecule has 3 rings (SSSR count). The Morgan fingerprint density at radius 1 is 1.12 bits per heavy atom. The molecule has 1 saturated heterocycles. The summed E-state index contributed by atoms with van der Waals surface area (Å²) in [5.41, 5.74) is 2.77. The average molecular weight is 332 g/mol. The molecular weight excluding hydrogens is 298 g/mol. The van der Waals surface area contributed by atoms with Crippen molar-refractivity contribution in [3.8, 4) is 0 Å². The van der Waals surface area contributed by atoms with Crippen LogP contribution in [0.4, 0.5) is 5.69 Å². The average Bonchev–Trinajstić information content (AvgIpc) is 3.02. The lowest BCUT2D eigenvalue weighted by Gasteiger charge is -2.37. The Morgan fingerprint density at radius 2 is 1.92 bits per heavy atom. The van der Waals surface area contributed by atoms with Gasteiger partial charge in [-0.3, -0.25) is 4.90 Å². The minimum Gasteiger partial charge on any atom is -0.393 e. The molecule has 0 amide bonds. The van der Waals surface area contributed by atoms with Crippen molar-refractivity contribution in [2.45, 2.75) is 45.3 Å². The maximum atomic E-state index is 9.96. The van der Waals surface area contributed by atoms with Gasteiger partial charge in [-0.05, 0) is 43.4 Å². The summed E-state index contributed by atoms with van der Waals surface area (Å²) in [5, 5.41) is 13.5. The zero-order valence-electron chi connectivity index (χ0n) is 15.1. The zero-order valence-corrected chi connectivity index (χ0v) is 15.1. The predicted molar refractivity (Wildman–Crippen MR) is 100 cm³/mol. The number of rotatable bonds is 7. The summed E-state index contributed by atoms with van der Waals surface area (Å²) in [6.07, 6.45) is 4.46. The molecule has 4 heteroatoms. The fourth-order valence-electron chi connectivity index (χ4n) is 4.15. The summed E-state index contributed by atoms with van der Waals surface area (Å²) in [5.74, 6) is 0.440. The van der Waals surface area contributed by atoms with Crippen molar-refractivity contribution >= 4 is 5.69 Å². The van der Waals surface area contributed by atoms with E-state index in [0.717, 1.165) is 39.0 Å². The SMILES string of the molecule is CCCN1CCN(c2ccccc2CNCC2CCCC2O)CC1. The first-order valence-corrected chi connectivity index (χ1v) is 9.72. The molecule has 1 aromatic carbocycles. The van der Waals surface area contributed by atoms with Crippen LogP contribution in [0.3, 0.4) is 0 Å². The van der Waals surface area contributed by atoms with Crippen LogP contribution < -0.4 is 10.2 Å². The van der Waals surface area contributed by atoms with Crippen molar-refractivity contribution < 1.29 is 5.11 Å². The maximum Gasteiger partial charge on any atom is 0.0580 e. The Labute approximate surface area is 146 Å². The topological polar surface area (TPSA) is 38.7 Å². The van der Waals surface area contributed by atoms with E-state index in [1.54, 1.807) is 0 Å². The second-order valence-corrected chi connectivity index (χ2v) is 7.35. The number of nitrogens with one attached hydrogen (secondary N) is 1. The van der Waals surface area contributed by atoms with E-state index in [1.165, 1.54) is 43.7 Å². The summed E-state index contributed by atoms with van der Waals surface area (Å²) in [6.45, 7) is 9.90. The van der Waals surface area contributed by atoms with E-state index in [-0.39, 0.29) is 6.10 Å². The van der Waals surface area contributed by atoms with E-state index in [1.807, 2.05) is 0 Å². The van der Waals surface area contributed by atoms with Gasteiger partial charge in [0.1, 0.15) is 0 Å². The van der Waals surface area contributed by atoms with Gasteiger partial charge in [0, 0.05) is 45.0 Å². The quantitative estimate of drug-likeness (QED) is 0.805. The first-order valence-electron chi connectivity index (χ1n) is 9.72. The molecule has 2 unspecified atom stereocenters. The van der Waals surface area contributed by atoms with Gasteiger partial charge in [-0.2, -0.15) is 0 Å². The fourth-order valence-corrected chi connectivity index (χ4v) is 4.15. The number of aliphatic hydroxyl groups excluding tert-OH is 1. The van der Waals surface area contributed by atoms with Crippen molar-refractivity contribution in [3.05, 3.63) is 29.8 Å². The number of nitrogens with zero attached hydrogens (tertiary/aromatic N) is 2. The van der Waals surface area contributed by atoms with E-state index in [2.05, 4.69) is 46.3 Å². The second-order valence-electron chi connectivity index (χ2n) is 7.35. The molecule has 1 saturated carbocycles. The van der Waals surface area contributed by atoms with Crippen molar-refractivity contribution in [3.63, 3.8) is 0 Å². The lowest BCUT2D eigenvalue weighted by atomic mass is 10.1. The van der Waals surface area contributed by atoms with Crippen molar-refractivity contribution in [2.75, 3.05) is 44.2 Å². The van der Waals surface area contributed by atoms with Crippen LogP contribution in [0.1, 0.15) is 38.2 Å². The van der Waals surface area contributed by atoms with Crippen molar-refractivity contribution in [1.29, 1.82) is 0 Å². The molecule has 2 fully saturated rings. The van der Waals surface area contributed by atoms with Crippen LogP contribution >= 0.6 is 0 Å². The molecule has 1 aromatic rings. The summed E-state index contributed by atoms with van der Waals surface area (Å²) in [4.78, 5) is 5.10. The number of para-hydroxylation sites is 1. The van der Waals surface area contributed by atoms with Crippen molar-refractivity contribution in [2.24, 2.45) is 5.92 Å². The smallest absolute Gasteiger partial charge is 0.0580 e. The molecule has 24 heavy (non-hydrogen) atoms. The van der Waals surface area contributed by atoms with Gasteiger partial charge in [-0.15, -0.1) is 0 Å². The van der Waals surface area contributed by atoms with Gasteiger partial charge < -0.3 is 15.3 Å². The molecule has 4 nitrogen and oxygen atoms in total. The second kappa shape index (κ2) is 8.84. The number of piperazine rings is 1. The summed E-state index contributed by atoms with van der Waals surface area (Å²) in [6, 6.07) is 8.79. The number of hydrogen-bond donors (Lipinski definition) is 2.